The fourth-order valence-electron chi connectivity index (χ4n) is 4.74. The Balaban J connectivity index is 1.81. The largest absolute Gasteiger partial charge is 0.353 e. The predicted molar refractivity (Wildman–Crippen MR) is 122 cm³/mol. The number of fused-ring (bicyclic) bond motifs is 3. The Hall–Kier alpha value is -2.07. The number of aryl methyl sites for hydroxylation is 4. The lowest BCUT2D eigenvalue weighted by molar-refractivity contribution is -0.158. The van der Waals surface area contributed by atoms with E-state index in [1.807, 2.05) is 52.0 Å². The number of benzene rings is 2. The van der Waals surface area contributed by atoms with Crippen LogP contribution < -0.4 is 0 Å². The van der Waals surface area contributed by atoms with Gasteiger partial charge in [-0.05, 0) is 69.2 Å². The zero-order chi connectivity index (χ0) is 22.3. The Morgan fingerprint density at radius 1 is 0.903 bits per heavy atom. The van der Waals surface area contributed by atoms with Crippen LogP contribution in [0.5, 0.6) is 0 Å². The topological polar surface area (TPSA) is 69.7 Å². The Morgan fingerprint density at radius 3 is 1.94 bits per heavy atom. The van der Waals surface area contributed by atoms with Crippen molar-refractivity contribution in [2.24, 2.45) is 0 Å². The van der Waals surface area contributed by atoms with Gasteiger partial charge in [0, 0.05) is 23.9 Å². The van der Waals surface area contributed by atoms with Crippen molar-refractivity contribution in [1.82, 2.24) is 0 Å². The van der Waals surface area contributed by atoms with Crippen LogP contribution in [-0.4, -0.2) is 36.7 Å². The summed E-state index contributed by atoms with van der Waals surface area (Å²) in [4.78, 5) is 27.4. The van der Waals surface area contributed by atoms with Crippen molar-refractivity contribution in [2.75, 3.05) is 19.4 Å². The molecule has 1 atom stereocenters. The zero-order valence-corrected chi connectivity index (χ0v) is 19.5. The van der Waals surface area contributed by atoms with E-state index in [4.69, 9.17) is 9.47 Å². The highest BCUT2D eigenvalue weighted by atomic mass is 31.2. The first kappa shape index (κ1) is 22.1. The van der Waals surface area contributed by atoms with Crippen LogP contribution >= 0.6 is 7.14 Å². The Kier molecular flexibility index (Phi) is 6.04. The third kappa shape index (κ3) is 3.95. The standard InChI is InChI=1S/C25H29O5P/c1-15-11-17(3)22-19(13-15)20-14-16(2)12-18(4)23(20)25(27)31(28,24(22)26)10-9-30-21-7-5-6-8-29-21/h11-14,21H,5-10H2,1-4H3. The van der Waals surface area contributed by atoms with Crippen LogP contribution in [0.25, 0.3) is 11.1 Å². The second-order valence-corrected chi connectivity index (χ2v) is 11.5. The summed E-state index contributed by atoms with van der Waals surface area (Å²) in [5.74, 6) is 0. The van der Waals surface area contributed by atoms with E-state index in [1.54, 1.807) is 0 Å². The molecule has 0 radical (unpaired) electrons. The minimum absolute atomic E-state index is 0.0555. The molecule has 1 unspecified atom stereocenters. The highest BCUT2D eigenvalue weighted by molar-refractivity contribution is 7.95. The Labute approximate surface area is 183 Å². The average molecular weight is 440 g/mol. The summed E-state index contributed by atoms with van der Waals surface area (Å²) in [5.41, 5.74) is 4.59. The third-order valence-corrected chi connectivity index (χ3v) is 8.75. The van der Waals surface area contributed by atoms with Crippen molar-refractivity contribution in [3.63, 3.8) is 0 Å². The molecule has 2 heterocycles. The summed E-state index contributed by atoms with van der Waals surface area (Å²) in [7, 11) is -3.91. The van der Waals surface area contributed by atoms with E-state index in [9.17, 15) is 14.2 Å². The van der Waals surface area contributed by atoms with Gasteiger partial charge in [-0.25, -0.2) is 0 Å². The summed E-state index contributed by atoms with van der Waals surface area (Å²) in [6.45, 7) is 8.31. The molecule has 2 aliphatic rings. The first-order valence-corrected chi connectivity index (χ1v) is 12.8. The van der Waals surface area contributed by atoms with Crippen molar-refractivity contribution in [2.45, 2.75) is 53.2 Å². The molecule has 4 rings (SSSR count). The number of carbonyl (C=O) groups is 2. The molecule has 1 fully saturated rings. The molecule has 0 saturated carbocycles. The number of hydrogen-bond acceptors (Lipinski definition) is 5. The summed E-state index contributed by atoms with van der Waals surface area (Å²) in [6.07, 6.45) is 2.32. The maximum atomic E-state index is 14.1. The van der Waals surface area contributed by atoms with Gasteiger partial charge in [-0.2, -0.15) is 0 Å². The Bertz CT molecular complexity index is 1040. The van der Waals surface area contributed by atoms with Gasteiger partial charge in [0.15, 0.2) is 6.29 Å². The lowest BCUT2D eigenvalue weighted by Gasteiger charge is -2.23. The number of rotatable bonds is 4. The molecule has 2 aromatic carbocycles. The summed E-state index contributed by atoms with van der Waals surface area (Å²) < 4.78 is 25.5. The van der Waals surface area contributed by atoms with Gasteiger partial charge < -0.3 is 14.0 Å². The molecule has 0 bridgehead atoms. The summed E-state index contributed by atoms with van der Waals surface area (Å²) >= 11 is 0. The molecule has 0 amide bonds. The van der Waals surface area contributed by atoms with E-state index in [-0.39, 0.29) is 19.1 Å². The van der Waals surface area contributed by atoms with Crippen molar-refractivity contribution in [1.29, 1.82) is 0 Å². The molecule has 2 aliphatic heterocycles. The summed E-state index contributed by atoms with van der Waals surface area (Å²) in [5, 5.41) is 0. The van der Waals surface area contributed by atoms with Gasteiger partial charge in [-0.15, -0.1) is 0 Å². The number of ether oxygens (including phenoxy) is 2. The van der Waals surface area contributed by atoms with Crippen molar-refractivity contribution >= 4 is 18.2 Å². The van der Waals surface area contributed by atoms with Crippen molar-refractivity contribution in [3.05, 3.63) is 57.6 Å². The van der Waals surface area contributed by atoms with E-state index in [0.29, 0.717) is 28.9 Å². The first-order chi connectivity index (χ1) is 14.7. The van der Waals surface area contributed by atoms with E-state index < -0.39 is 18.2 Å². The lowest BCUT2D eigenvalue weighted by atomic mass is 9.89. The summed E-state index contributed by atoms with van der Waals surface area (Å²) in [6, 6.07) is 7.66. The van der Waals surface area contributed by atoms with E-state index in [0.717, 1.165) is 41.5 Å². The molecule has 0 spiro atoms. The van der Waals surface area contributed by atoms with E-state index in [1.165, 1.54) is 0 Å². The fourth-order valence-corrected chi connectivity index (χ4v) is 7.01. The molecule has 164 valence electrons. The molecular weight excluding hydrogens is 411 g/mol. The minimum Gasteiger partial charge on any atom is -0.353 e. The molecule has 1 saturated heterocycles. The number of carbonyl (C=O) groups excluding carboxylic acids is 2. The van der Waals surface area contributed by atoms with Crippen LogP contribution in [0.2, 0.25) is 0 Å². The molecule has 31 heavy (non-hydrogen) atoms. The first-order valence-electron chi connectivity index (χ1n) is 10.9. The van der Waals surface area contributed by atoms with Gasteiger partial charge >= 0.3 is 0 Å². The van der Waals surface area contributed by atoms with Crippen molar-refractivity contribution < 1.29 is 23.6 Å². The number of hydrogen-bond donors (Lipinski definition) is 0. The van der Waals surface area contributed by atoms with Gasteiger partial charge in [0.2, 0.25) is 18.2 Å². The highest BCUT2D eigenvalue weighted by Crippen LogP contribution is 2.57. The molecule has 0 N–H and O–H groups in total. The van der Waals surface area contributed by atoms with E-state index in [2.05, 4.69) is 0 Å². The maximum Gasteiger partial charge on any atom is 0.229 e. The maximum absolute atomic E-state index is 14.1. The molecular formula is C25H29O5P. The monoisotopic (exact) mass is 440 g/mol. The molecule has 2 aromatic rings. The van der Waals surface area contributed by atoms with Crippen LogP contribution in [0.3, 0.4) is 0 Å². The van der Waals surface area contributed by atoms with Gasteiger partial charge in [-0.1, -0.05) is 35.4 Å². The van der Waals surface area contributed by atoms with E-state index >= 15 is 0 Å². The molecule has 6 heteroatoms. The Morgan fingerprint density at radius 2 is 1.45 bits per heavy atom. The fraction of sp³-hybridized carbons (Fsp3) is 0.440. The van der Waals surface area contributed by atoms with Crippen LogP contribution in [-0.2, 0) is 14.0 Å². The lowest BCUT2D eigenvalue weighted by Crippen LogP contribution is -2.25. The van der Waals surface area contributed by atoms with Gasteiger partial charge in [0.05, 0.1) is 6.61 Å². The van der Waals surface area contributed by atoms with Crippen LogP contribution in [0, 0.1) is 27.7 Å². The second kappa shape index (κ2) is 8.46. The van der Waals surface area contributed by atoms with Crippen LogP contribution in [0.1, 0.15) is 62.2 Å². The van der Waals surface area contributed by atoms with Crippen LogP contribution in [0.15, 0.2) is 24.3 Å². The quantitative estimate of drug-likeness (QED) is 0.563. The molecule has 0 aromatic heterocycles. The third-order valence-electron chi connectivity index (χ3n) is 6.18. The zero-order valence-electron chi connectivity index (χ0n) is 18.6. The molecule has 0 aliphatic carbocycles. The smallest absolute Gasteiger partial charge is 0.229 e. The van der Waals surface area contributed by atoms with Gasteiger partial charge in [0.1, 0.15) is 0 Å². The molecule has 5 nitrogen and oxygen atoms in total. The minimum atomic E-state index is -3.91. The SMILES string of the molecule is Cc1cc(C)c2c(c1)-c1cc(C)cc(C)c1C(=O)P(=O)(CCOC1CCCCO1)C2=O. The van der Waals surface area contributed by atoms with Gasteiger partial charge in [0.25, 0.3) is 0 Å². The normalized spacial score (nSPS) is 20.2. The second-order valence-electron chi connectivity index (χ2n) is 8.75. The average Bonchev–Trinajstić information content (AvgIpc) is 2.78. The highest BCUT2D eigenvalue weighted by Gasteiger charge is 2.46. The van der Waals surface area contributed by atoms with Gasteiger partial charge in [-0.3, -0.25) is 9.59 Å². The predicted octanol–water partition coefficient (Wildman–Crippen LogP) is 5.79. The van der Waals surface area contributed by atoms with Crippen LogP contribution in [0.4, 0.5) is 0 Å². The van der Waals surface area contributed by atoms with Crippen molar-refractivity contribution in [3.8, 4) is 11.1 Å².